The monoisotopic (exact) mass is 628 g/mol. The summed E-state index contributed by atoms with van der Waals surface area (Å²) in [5.41, 5.74) is -0.550. The largest absolute Gasteiger partial charge is 0.416 e. The molecule has 14 heteroatoms. The molecule has 3 amide bonds. The van der Waals surface area contributed by atoms with E-state index in [4.69, 9.17) is 14.6 Å². The van der Waals surface area contributed by atoms with Crippen molar-refractivity contribution in [3.63, 3.8) is 0 Å². The highest BCUT2D eigenvalue weighted by Crippen LogP contribution is 2.52. The summed E-state index contributed by atoms with van der Waals surface area (Å²) >= 11 is 0. The van der Waals surface area contributed by atoms with Crippen molar-refractivity contribution in [3.05, 3.63) is 46.6 Å². The van der Waals surface area contributed by atoms with Crippen molar-refractivity contribution >= 4 is 23.5 Å². The summed E-state index contributed by atoms with van der Waals surface area (Å²) in [6.07, 6.45) is -1.91. The first-order valence-corrected chi connectivity index (χ1v) is 15.3. The van der Waals surface area contributed by atoms with Crippen LogP contribution in [0.2, 0.25) is 0 Å². The maximum Gasteiger partial charge on any atom is 0.416 e. The van der Waals surface area contributed by atoms with Crippen LogP contribution in [-0.4, -0.2) is 84.0 Å². The molecule has 45 heavy (non-hydrogen) atoms. The Balaban J connectivity index is 1.45. The molecule has 6 rings (SSSR count). The summed E-state index contributed by atoms with van der Waals surface area (Å²) in [5.74, 6) is -1.89. The predicted octanol–water partition coefficient (Wildman–Crippen LogP) is 3.67. The maximum absolute atomic E-state index is 14.3. The molecule has 0 bridgehead atoms. The number of carbonyl (C=O) groups is 3. The standard InChI is InChI=1S/C31H35F3N6O5/c1-3-38-28-24(23(17-7-8-17)25(29(38)42)36-27(41)18-5-4-6-19(15-18)31(32,33)34)26(37-40(28)20-10-13-45-14-11-20)30(43)39-12-9-22(44-2)21(39)16-35/h4-6,15,17,20-23,25H,3,7-14H2,1-2H3,(H,36,41)/t21-,22+,23+,25+/m1/s1. The number of nitriles is 1. The van der Waals surface area contributed by atoms with E-state index in [2.05, 4.69) is 11.4 Å². The van der Waals surface area contributed by atoms with E-state index in [0.717, 1.165) is 31.0 Å². The molecule has 1 aromatic carbocycles. The van der Waals surface area contributed by atoms with Gasteiger partial charge in [-0.15, -0.1) is 0 Å². The molecule has 1 saturated carbocycles. The first-order chi connectivity index (χ1) is 21.6. The number of aromatic nitrogens is 2. The molecule has 2 aromatic rings. The number of anilines is 1. The molecule has 0 radical (unpaired) electrons. The number of alkyl halides is 3. The fourth-order valence-corrected chi connectivity index (χ4v) is 6.96. The third-order valence-electron chi connectivity index (χ3n) is 9.36. The molecule has 11 nitrogen and oxygen atoms in total. The lowest BCUT2D eigenvalue weighted by atomic mass is 9.82. The van der Waals surface area contributed by atoms with Gasteiger partial charge in [-0.2, -0.15) is 23.5 Å². The zero-order valence-corrected chi connectivity index (χ0v) is 25.0. The van der Waals surface area contributed by atoms with E-state index in [0.29, 0.717) is 43.9 Å². The quantitative estimate of drug-likeness (QED) is 0.496. The smallest absolute Gasteiger partial charge is 0.381 e. The fraction of sp³-hybridized carbons (Fsp3) is 0.581. The Bertz CT molecular complexity index is 1530. The zero-order chi connectivity index (χ0) is 32.0. The molecule has 0 unspecified atom stereocenters. The average Bonchev–Trinajstić information content (AvgIpc) is 3.67. The molecule has 4 atom stereocenters. The van der Waals surface area contributed by atoms with Gasteiger partial charge in [0.15, 0.2) is 5.69 Å². The second-order valence-electron chi connectivity index (χ2n) is 12.0. The first-order valence-electron chi connectivity index (χ1n) is 15.3. The Morgan fingerprint density at radius 1 is 1.18 bits per heavy atom. The molecule has 3 aliphatic heterocycles. The van der Waals surface area contributed by atoms with Crippen molar-refractivity contribution in [2.45, 2.75) is 75.4 Å². The second kappa shape index (κ2) is 12.1. The van der Waals surface area contributed by atoms with Crippen LogP contribution in [0.5, 0.6) is 0 Å². The van der Waals surface area contributed by atoms with Crippen LogP contribution in [0.1, 0.15) is 83.0 Å². The number of likely N-dealkylation sites (tertiary alicyclic amines) is 1. The summed E-state index contributed by atoms with van der Waals surface area (Å²) in [6, 6.07) is 4.14. The van der Waals surface area contributed by atoms with Gasteiger partial charge in [-0.05, 0) is 63.1 Å². The number of fused-ring (bicyclic) bond motifs is 1. The molecular weight excluding hydrogens is 593 g/mol. The number of halogens is 3. The summed E-state index contributed by atoms with van der Waals surface area (Å²) < 4.78 is 53.0. The van der Waals surface area contributed by atoms with E-state index in [9.17, 15) is 32.8 Å². The molecule has 4 heterocycles. The van der Waals surface area contributed by atoms with E-state index in [1.165, 1.54) is 23.0 Å². The van der Waals surface area contributed by atoms with Crippen LogP contribution in [0.3, 0.4) is 0 Å². The molecule has 1 aliphatic carbocycles. The molecule has 3 fully saturated rings. The zero-order valence-electron chi connectivity index (χ0n) is 25.0. The number of nitrogens with zero attached hydrogens (tertiary/aromatic N) is 5. The van der Waals surface area contributed by atoms with Crippen molar-refractivity contribution in [1.82, 2.24) is 20.0 Å². The summed E-state index contributed by atoms with van der Waals surface area (Å²) in [5, 5.41) is 17.6. The predicted molar refractivity (Wildman–Crippen MR) is 153 cm³/mol. The average molecular weight is 629 g/mol. The number of hydrogen-bond acceptors (Lipinski definition) is 7. The first kappa shape index (κ1) is 31.0. The number of benzene rings is 1. The maximum atomic E-state index is 14.3. The van der Waals surface area contributed by atoms with Gasteiger partial charge in [-0.25, -0.2) is 4.68 Å². The van der Waals surface area contributed by atoms with Crippen molar-refractivity contribution in [1.29, 1.82) is 5.26 Å². The van der Waals surface area contributed by atoms with Gasteiger partial charge in [0, 0.05) is 50.5 Å². The van der Waals surface area contributed by atoms with Crippen LogP contribution in [0, 0.1) is 17.2 Å². The van der Waals surface area contributed by atoms with Gasteiger partial charge < -0.3 is 19.7 Å². The number of rotatable bonds is 7. The number of amides is 3. The van der Waals surface area contributed by atoms with Crippen LogP contribution in [0.15, 0.2) is 24.3 Å². The van der Waals surface area contributed by atoms with Crippen LogP contribution in [0.4, 0.5) is 19.0 Å². The van der Waals surface area contributed by atoms with Gasteiger partial charge in [0.05, 0.1) is 23.8 Å². The van der Waals surface area contributed by atoms with E-state index < -0.39 is 53.6 Å². The second-order valence-corrected chi connectivity index (χ2v) is 12.0. The van der Waals surface area contributed by atoms with E-state index in [-0.39, 0.29) is 36.3 Å². The number of nitrogens with one attached hydrogen (secondary N) is 1. The van der Waals surface area contributed by atoms with E-state index in [1.807, 2.05) is 0 Å². The SMILES string of the molecule is CCN1C(=O)[C@@H](NC(=O)c2cccc(C(F)(F)F)c2)[C@@H](C2CC2)c2c(C(=O)N3CC[C@H](OC)[C@H]3C#N)nn(C3CCOCC3)c21. The van der Waals surface area contributed by atoms with Crippen molar-refractivity contribution < 1.29 is 37.0 Å². The molecule has 1 N–H and O–H groups in total. The van der Waals surface area contributed by atoms with Crippen molar-refractivity contribution in [2.75, 3.05) is 38.3 Å². The van der Waals surface area contributed by atoms with E-state index in [1.54, 1.807) is 11.6 Å². The fourth-order valence-electron chi connectivity index (χ4n) is 6.96. The highest BCUT2D eigenvalue weighted by molar-refractivity contribution is 6.07. The summed E-state index contributed by atoms with van der Waals surface area (Å²) in [6.45, 7) is 3.25. The van der Waals surface area contributed by atoms with Gasteiger partial charge >= 0.3 is 6.18 Å². The van der Waals surface area contributed by atoms with Crippen LogP contribution in [0.25, 0.3) is 0 Å². The number of methoxy groups -OCH3 is 1. The van der Waals surface area contributed by atoms with Gasteiger partial charge in [0.25, 0.3) is 17.7 Å². The molecule has 2 saturated heterocycles. The Morgan fingerprint density at radius 3 is 2.53 bits per heavy atom. The Labute approximate surface area is 258 Å². The minimum atomic E-state index is -4.64. The lowest BCUT2D eigenvalue weighted by Gasteiger charge is -2.39. The Morgan fingerprint density at radius 2 is 1.91 bits per heavy atom. The molecule has 240 valence electrons. The summed E-state index contributed by atoms with van der Waals surface area (Å²) in [4.78, 5) is 45.0. The normalized spacial score (nSPS) is 25.6. The summed E-state index contributed by atoms with van der Waals surface area (Å²) in [7, 11) is 1.50. The van der Waals surface area contributed by atoms with Crippen LogP contribution < -0.4 is 10.2 Å². The van der Waals surface area contributed by atoms with Gasteiger partial charge in [-0.3, -0.25) is 19.3 Å². The third kappa shape index (κ3) is 5.56. The Hall–Kier alpha value is -3.96. The van der Waals surface area contributed by atoms with E-state index >= 15 is 0 Å². The number of hydrogen-bond donors (Lipinski definition) is 1. The molecular formula is C31H35F3N6O5. The highest BCUT2D eigenvalue weighted by atomic mass is 19.4. The van der Waals surface area contributed by atoms with Crippen molar-refractivity contribution in [2.24, 2.45) is 5.92 Å². The molecule has 4 aliphatic rings. The lowest BCUT2D eigenvalue weighted by Crippen LogP contribution is -2.56. The lowest BCUT2D eigenvalue weighted by molar-refractivity contribution is -0.137. The van der Waals surface area contributed by atoms with Gasteiger partial charge in [-0.1, -0.05) is 6.07 Å². The minimum Gasteiger partial charge on any atom is -0.381 e. The topological polar surface area (TPSA) is 130 Å². The Kier molecular flexibility index (Phi) is 8.34. The number of likely N-dealkylation sites (N-methyl/N-ethyl adjacent to an activating group) is 1. The molecule has 0 spiro atoms. The molecule has 1 aromatic heterocycles. The van der Waals surface area contributed by atoms with Crippen LogP contribution in [-0.2, 0) is 20.4 Å². The minimum absolute atomic E-state index is 0.0607. The third-order valence-corrected chi connectivity index (χ3v) is 9.36. The number of ether oxygens (including phenoxy) is 2. The number of carbonyl (C=O) groups excluding carboxylic acids is 3. The van der Waals surface area contributed by atoms with Gasteiger partial charge in [0.1, 0.15) is 17.9 Å². The van der Waals surface area contributed by atoms with Crippen molar-refractivity contribution in [3.8, 4) is 6.07 Å². The van der Waals surface area contributed by atoms with Crippen LogP contribution >= 0.6 is 0 Å². The highest BCUT2D eigenvalue weighted by Gasteiger charge is 2.53. The van der Waals surface area contributed by atoms with Gasteiger partial charge in [0.2, 0.25) is 0 Å².